The van der Waals surface area contributed by atoms with Gasteiger partial charge in [-0.15, -0.1) is 0 Å². The normalized spacial score (nSPS) is 24.5. The number of ether oxygens (including phenoxy) is 1. The maximum atomic E-state index is 13.0. The van der Waals surface area contributed by atoms with Gasteiger partial charge in [-0.3, -0.25) is 9.69 Å². The van der Waals surface area contributed by atoms with Crippen molar-refractivity contribution in [3.63, 3.8) is 0 Å². The van der Waals surface area contributed by atoms with E-state index < -0.39 is 29.2 Å². The molecule has 17 heavy (non-hydrogen) atoms. The average molecular weight is 270 g/mol. The first-order chi connectivity index (χ1) is 7.78. The van der Waals surface area contributed by atoms with Crippen molar-refractivity contribution >= 4 is 24.0 Å². The van der Waals surface area contributed by atoms with E-state index in [2.05, 4.69) is 4.74 Å². The third-order valence-corrected chi connectivity index (χ3v) is 2.58. The van der Waals surface area contributed by atoms with Gasteiger partial charge < -0.3 is 9.84 Å². The summed E-state index contributed by atoms with van der Waals surface area (Å²) in [7, 11) is 0. The Labute approximate surface area is 101 Å². The van der Waals surface area contributed by atoms with Gasteiger partial charge >= 0.3 is 11.4 Å². The van der Waals surface area contributed by atoms with E-state index in [1.807, 2.05) is 0 Å². The van der Waals surface area contributed by atoms with Crippen molar-refractivity contribution < 1.29 is 28.2 Å². The van der Waals surface area contributed by atoms with Crippen LogP contribution in [-0.4, -0.2) is 40.1 Å². The first-order valence-electron chi connectivity index (χ1n) is 4.69. The third kappa shape index (κ3) is 2.25. The Morgan fingerprint density at radius 1 is 1.82 bits per heavy atom. The second-order valence-corrected chi connectivity index (χ2v) is 3.78. The summed E-state index contributed by atoms with van der Waals surface area (Å²) < 4.78 is 30.6. The number of rotatable bonds is 4. The van der Waals surface area contributed by atoms with Gasteiger partial charge in [-0.25, -0.2) is 4.79 Å². The molecular formula is C9H10ClF2NO4. The molecule has 8 heteroatoms. The minimum Gasteiger partial charge on any atom is -0.461 e. The minimum atomic E-state index is -4.08. The van der Waals surface area contributed by atoms with Gasteiger partial charge in [0.1, 0.15) is 5.70 Å². The van der Waals surface area contributed by atoms with Crippen LogP contribution in [0.4, 0.5) is 8.78 Å². The Kier molecular flexibility index (Phi) is 3.73. The van der Waals surface area contributed by atoms with Gasteiger partial charge in [-0.2, -0.15) is 8.78 Å². The monoisotopic (exact) mass is 269 g/mol. The van der Waals surface area contributed by atoms with Gasteiger partial charge in [0, 0.05) is 6.42 Å². The molecule has 0 aromatic heterocycles. The van der Waals surface area contributed by atoms with E-state index in [1.54, 1.807) is 0 Å². The van der Waals surface area contributed by atoms with Gasteiger partial charge in [0.15, 0.2) is 0 Å². The zero-order valence-corrected chi connectivity index (χ0v) is 9.58. The van der Waals surface area contributed by atoms with Crippen LogP contribution < -0.4 is 0 Å². The highest BCUT2D eigenvalue weighted by molar-refractivity contribution is 6.22. The number of amides is 1. The molecular weight excluding hydrogens is 260 g/mol. The largest absolute Gasteiger partial charge is 0.461 e. The molecule has 1 atom stereocenters. The van der Waals surface area contributed by atoms with Crippen molar-refractivity contribution in [3.05, 3.63) is 11.8 Å². The van der Waals surface area contributed by atoms with Crippen molar-refractivity contribution in [1.29, 1.82) is 0 Å². The quantitative estimate of drug-likeness (QED) is 0.466. The summed E-state index contributed by atoms with van der Waals surface area (Å²) in [6.45, 7) is 1.53. The number of hydrogen-bond donors (Lipinski definition) is 1. The molecule has 1 N–H and O–H groups in total. The number of carbonyl (C=O) groups excluding carboxylic acids is 2. The Hall–Kier alpha value is -1.21. The summed E-state index contributed by atoms with van der Waals surface area (Å²) >= 11 is 4.73. The van der Waals surface area contributed by atoms with E-state index in [4.69, 9.17) is 11.6 Å². The lowest BCUT2D eigenvalue weighted by Crippen LogP contribution is -2.55. The lowest BCUT2D eigenvalue weighted by atomic mass is 10.2. The van der Waals surface area contributed by atoms with Crippen LogP contribution >= 0.6 is 11.6 Å². The number of halogens is 3. The van der Waals surface area contributed by atoms with Crippen LogP contribution in [0.5, 0.6) is 0 Å². The molecule has 0 spiro atoms. The molecule has 0 saturated carbocycles. The van der Waals surface area contributed by atoms with Crippen LogP contribution in [0.1, 0.15) is 13.3 Å². The Morgan fingerprint density at radius 2 is 2.41 bits per heavy atom. The van der Waals surface area contributed by atoms with E-state index in [9.17, 15) is 23.5 Å². The molecule has 1 aliphatic heterocycles. The number of alkyl halides is 3. The van der Waals surface area contributed by atoms with Crippen LogP contribution in [0.15, 0.2) is 11.8 Å². The summed E-state index contributed by atoms with van der Waals surface area (Å²) in [5.74, 6) is -0.976. The van der Waals surface area contributed by atoms with Gasteiger partial charge in [-0.1, -0.05) is 0 Å². The molecule has 0 radical (unpaired) electrons. The van der Waals surface area contributed by atoms with Crippen molar-refractivity contribution in [2.75, 3.05) is 6.61 Å². The molecule has 0 aromatic rings. The molecule has 1 amide bonds. The number of carbonyl (C=O) groups is 2. The van der Waals surface area contributed by atoms with E-state index >= 15 is 0 Å². The smallest absolute Gasteiger partial charge is 0.369 e. The fourth-order valence-corrected chi connectivity index (χ4v) is 1.59. The summed E-state index contributed by atoms with van der Waals surface area (Å²) in [4.78, 5) is 22.2. The molecule has 96 valence electrons. The number of aliphatic hydroxyl groups is 1. The molecule has 1 unspecified atom stereocenters. The molecule has 5 nitrogen and oxygen atoms in total. The van der Waals surface area contributed by atoms with E-state index in [1.165, 1.54) is 6.92 Å². The number of nitrogens with zero attached hydrogens (tertiary/aromatic N) is 1. The second-order valence-electron chi connectivity index (χ2n) is 3.30. The average Bonchev–Trinajstić information content (AvgIpc) is 2.56. The van der Waals surface area contributed by atoms with Crippen LogP contribution in [0.2, 0.25) is 0 Å². The van der Waals surface area contributed by atoms with Crippen molar-refractivity contribution in [2.24, 2.45) is 0 Å². The maximum Gasteiger partial charge on any atom is 0.369 e. The molecule has 1 rings (SSSR count). The Bertz CT molecular complexity index is 368. The molecule has 0 aromatic carbocycles. The fourth-order valence-electron chi connectivity index (χ4n) is 1.42. The lowest BCUT2D eigenvalue weighted by molar-refractivity contribution is -0.196. The number of hydrogen-bond acceptors (Lipinski definition) is 4. The summed E-state index contributed by atoms with van der Waals surface area (Å²) in [6, 6.07) is 0. The summed E-state index contributed by atoms with van der Waals surface area (Å²) in [5.41, 5.74) is -3.40. The first-order valence-corrected chi connectivity index (χ1v) is 5.06. The highest BCUT2D eigenvalue weighted by Gasteiger charge is 2.59. The molecule has 0 fully saturated rings. The van der Waals surface area contributed by atoms with Crippen LogP contribution in [0.3, 0.4) is 0 Å². The third-order valence-electron chi connectivity index (χ3n) is 2.28. The first kappa shape index (κ1) is 13.9. The van der Waals surface area contributed by atoms with E-state index in [-0.39, 0.29) is 17.9 Å². The highest BCUT2D eigenvalue weighted by atomic mass is 35.5. The molecule has 1 heterocycles. The second kappa shape index (κ2) is 4.58. The zero-order valence-electron chi connectivity index (χ0n) is 8.82. The molecule has 0 saturated heterocycles. The minimum absolute atomic E-state index is 0.0125. The van der Waals surface area contributed by atoms with Gasteiger partial charge in [0.2, 0.25) is 12.1 Å². The van der Waals surface area contributed by atoms with Crippen molar-refractivity contribution in [1.82, 2.24) is 4.90 Å². The van der Waals surface area contributed by atoms with Gasteiger partial charge in [0.05, 0.1) is 6.61 Å². The van der Waals surface area contributed by atoms with E-state index in [0.717, 1.165) is 6.08 Å². The SMILES string of the molecule is CCOC(=O)C1=CCC(O)(C(F)(F)Cl)N1C=O. The predicted molar refractivity (Wildman–Crippen MR) is 53.0 cm³/mol. The van der Waals surface area contributed by atoms with E-state index in [0.29, 0.717) is 0 Å². The predicted octanol–water partition coefficient (Wildman–Crippen LogP) is 0.816. The lowest BCUT2D eigenvalue weighted by Gasteiger charge is -2.34. The Morgan fingerprint density at radius 3 is 2.82 bits per heavy atom. The molecule has 0 aliphatic carbocycles. The molecule has 0 bridgehead atoms. The van der Waals surface area contributed by atoms with Gasteiger partial charge in [-0.05, 0) is 24.6 Å². The Balaban J connectivity index is 3.01. The molecule has 1 aliphatic rings. The van der Waals surface area contributed by atoms with Crippen LogP contribution in [0, 0.1) is 0 Å². The topological polar surface area (TPSA) is 66.8 Å². The zero-order chi connectivity index (χ0) is 13.3. The van der Waals surface area contributed by atoms with Crippen LogP contribution in [0.25, 0.3) is 0 Å². The van der Waals surface area contributed by atoms with Crippen LogP contribution in [-0.2, 0) is 14.3 Å². The van der Waals surface area contributed by atoms with Gasteiger partial charge in [0.25, 0.3) is 0 Å². The fraction of sp³-hybridized carbons (Fsp3) is 0.556. The summed E-state index contributed by atoms with van der Waals surface area (Å²) in [6.07, 6.45) is 0.227. The maximum absolute atomic E-state index is 13.0. The standard InChI is InChI=1S/C9H10ClF2NO4/c1-2-17-7(15)6-3-4-8(16,9(10,11)12)13(6)5-14/h3,5,16H,2,4H2,1H3. The summed E-state index contributed by atoms with van der Waals surface area (Å²) in [5, 5.41) is 5.54. The highest BCUT2D eigenvalue weighted by Crippen LogP contribution is 2.43. The van der Waals surface area contributed by atoms with Crippen molar-refractivity contribution in [3.8, 4) is 0 Å². The van der Waals surface area contributed by atoms with Crippen molar-refractivity contribution in [2.45, 2.75) is 24.5 Å². The number of esters is 1.